The maximum absolute atomic E-state index is 4.36. The fourth-order valence-corrected chi connectivity index (χ4v) is 2.67. The molecule has 0 spiro atoms. The van der Waals surface area contributed by atoms with Gasteiger partial charge in [0, 0.05) is 23.7 Å². The van der Waals surface area contributed by atoms with Gasteiger partial charge >= 0.3 is 0 Å². The summed E-state index contributed by atoms with van der Waals surface area (Å²) in [5.41, 5.74) is 0. The maximum atomic E-state index is 4.36. The van der Waals surface area contributed by atoms with Crippen molar-refractivity contribution in [1.29, 1.82) is 0 Å². The zero-order valence-electron chi connectivity index (χ0n) is 9.49. The Morgan fingerprint density at radius 3 is 2.87 bits per heavy atom. The first-order valence-electron chi connectivity index (χ1n) is 5.57. The summed E-state index contributed by atoms with van der Waals surface area (Å²) < 4.78 is 0. The first-order valence-corrected chi connectivity index (χ1v) is 6.39. The van der Waals surface area contributed by atoms with Crippen molar-refractivity contribution < 1.29 is 0 Å². The van der Waals surface area contributed by atoms with E-state index >= 15 is 0 Å². The Hall–Kier alpha value is -0.450. The van der Waals surface area contributed by atoms with Gasteiger partial charge in [-0.2, -0.15) is 0 Å². The zero-order valence-corrected chi connectivity index (χ0v) is 10.3. The average Bonchev–Trinajstić information content (AvgIpc) is 2.64. The molecule has 1 fully saturated rings. The van der Waals surface area contributed by atoms with Crippen molar-refractivity contribution in [1.82, 2.24) is 15.2 Å². The molecule has 1 aliphatic rings. The number of rotatable bonds is 3. The summed E-state index contributed by atoms with van der Waals surface area (Å²) >= 11 is 1.79. The summed E-state index contributed by atoms with van der Waals surface area (Å²) in [5.74, 6) is 0. The molecule has 1 aliphatic heterocycles. The fraction of sp³-hybridized carbons (Fsp3) is 0.727. The largest absolute Gasteiger partial charge is 0.308 e. The normalized spacial score (nSPS) is 19.6. The van der Waals surface area contributed by atoms with Gasteiger partial charge in [0.05, 0.1) is 0 Å². The third-order valence-corrected chi connectivity index (χ3v) is 3.84. The molecule has 0 amide bonds. The third-order valence-electron chi connectivity index (χ3n) is 2.93. The Bertz CT molecular complexity index is 303. The van der Waals surface area contributed by atoms with E-state index in [2.05, 4.69) is 29.2 Å². The van der Waals surface area contributed by atoms with E-state index in [9.17, 15) is 0 Å². The number of aromatic nitrogens is 1. The molecule has 3 nitrogen and oxygen atoms in total. The van der Waals surface area contributed by atoms with Crippen LogP contribution >= 0.6 is 11.3 Å². The van der Waals surface area contributed by atoms with Gasteiger partial charge in [0.1, 0.15) is 5.01 Å². The number of piperidine rings is 1. The molecule has 0 bridgehead atoms. The molecule has 1 saturated heterocycles. The lowest BCUT2D eigenvalue weighted by atomic mass is 10.1. The summed E-state index contributed by atoms with van der Waals surface area (Å²) in [6.45, 7) is 5.48. The van der Waals surface area contributed by atoms with Crippen LogP contribution in [0.25, 0.3) is 0 Å². The van der Waals surface area contributed by atoms with E-state index in [1.807, 2.05) is 6.20 Å². The molecular formula is C11H19N3S. The summed E-state index contributed by atoms with van der Waals surface area (Å²) in [7, 11) is 2.19. The Balaban J connectivity index is 1.74. The lowest BCUT2D eigenvalue weighted by Gasteiger charge is -2.29. The number of likely N-dealkylation sites (tertiary alicyclic amines) is 1. The second kappa shape index (κ2) is 5.05. The van der Waals surface area contributed by atoms with Gasteiger partial charge < -0.3 is 10.2 Å². The van der Waals surface area contributed by atoms with Crippen LogP contribution in [0.4, 0.5) is 0 Å². The van der Waals surface area contributed by atoms with Crippen LogP contribution in [0.3, 0.4) is 0 Å². The lowest BCUT2D eigenvalue weighted by Crippen LogP contribution is -2.40. The highest BCUT2D eigenvalue weighted by Gasteiger charge is 2.15. The van der Waals surface area contributed by atoms with Crippen molar-refractivity contribution in [2.75, 3.05) is 20.1 Å². The Kier molecular flexibility index (Phi) is 3.72. The Labute approximate surface area is 95.5 Å². The van der Waals surface area contributed by atoms with Crippen molar-refractivity contribution in [3.8, 4) is 0 Å². The van der Waals surface area contributed by atoms with Gasteiger partial charge in [0.25, 0.3) is 0 Å². The number of hydrogen-bond donors (Lipinski definition) is 1. The first kappa shape index (κ1) is 11.0. The van der Waals surface area contributed by atoms with Crippen molar-refractivity contribution in [2.45, 2.75) is 32.4 Å². The molecular weight excluding hydrogens is 206 g/mol. The van der Waals surface area contributed by atoms with Crippen molar-refractivity contribution in [3.63, 3.8) is 0 Å². The van der Waals surface area contributed by atoms with Crippen molar-refractivity contribution in [3.05, 3.63) is 16.1 Å². The minimum atomic E-state index is 0.686. The van der Waals surface area contributed by atoms with Crippen LogP contribution < -0.4 is 5.32 Å². The smallest absolute Gasteiger partial charge is 0.107 e. The average molecular weight is 225 g/mol. The van der Waals surface area contributed by atoms with Crippen LogP contribution in [0, 0.1) is 6.92 Å². The van der Waals surface area contributed by atoms with Gasteiger partial charge in [-0.25, -0.2) is 4.98 Å². The molecule has 2 rings (SSSR count). The molecule has 0 unspecified atom stereocenters. The van der Waals surface area contributed by atoms with Crippen molar-refractivity contribution >= 4 is 11.3 Å². The van der Waals surface area contributed by atoms with Crippen LogP contribution in [-0.4, -0.2) is 36.1 Å². The van der Waals surface area contributed by atoms with Crippen LogP contribution in [0.2, 0.25) is 0 Å². The number of aryl methyl sites for hydroxylation is 1. The summed E-state index contributed by atoms with van der Waals surface area (Å²) in [6.07, 6.45) is 4.48. The molecule has 0 aliphatic carbocycles. The predicted octanol–water partition coefficient (Wildman–Crippen LogP) is 1.64. The van der Waals surface area contributed by atoms with E-state index in [0.29, 0.717) is 6.04 Å². The van der Waals surface area contributed by atoms with E-state index in [1.54, 1.807) is 11.3 Å². The number of thiazole rings is 1. The van der Waals surface area contributed by atoms with Crippen LogP contribution in [0.1, 0.15) is 22.7 Å². The highest BCUT2D eigenvalue weighted by Crippen LogP contribution is 2.13. The van der Waals surface area contributed by atoms with E-state index in [1.165, 1.54) is 35.8 Å². The van der Waals surface area contributed by atoms with Gasteiger partial charge in [0.15, 0.2) is 0 Å². The highest BCUT2D eigenvalue weighted by molar-refractivity contribution is 7.11. The van der Waals surface area contributed by atoms with E-state index in [4.69, 9.17) is 0 Å². The van der Waals surface area contributed by atoms with E-state index in [0.717, 1.165) is 6.54 Å². The monoisotopic (exact) mass is 225 g/mol. The standard InChI is InChI=1S/C11H19N3S/c1-9-7-13-11(15-9)8-12-10-3-5-14(2)6-4-10/h7,10,12H,3-6,8H2,1-2H3. The first-order chi connectivity index (χ1) is 7.24. The number of nitrogens with one attached hydrogen (secondary N) is 1. The maximum Gasteiger partial charge on any atom is 0.107 e. The zero-order chi connectivity index (χ0) is 10.7. The molecule has 1 aromatic rings. The minimum Gasteiger partial charge on any atom is -0.308 e. The minimum absolute atomic E-state index is 0.686. The quantitative estimate of drug-likeness (QED) is 0.847. The number of nitrogens with zero attached hydrogens (tertiary/aromatic N) is 2. The van der Waals surface area contributed by atoms with Gasteiger partial charge in [0.2, 0.25) is 0 Å². The molecule has 4 heteroatoms. The fourth-order valence-electron chi connectivity index (χ4n) is 1.93. The molecule has 0 atom stereocenters. The summed E-state index contributed by atoms with van der Waals surface area (Å²) in [4.78, 5) is 8.06. The highest BCUT2D eigenvalue weighted by atomic mass is 32.1. The molecule has 1 aromatic heterocycles. The second-order valence-electron chi connectivity index (χ2n) is 4.32. The molecule has 84 valence electrons. The van der Waals surface area contributed by atoms with Crippen LogP contribution in [0.15, 0.2) is 6.20 Å². The van der Waals surface area contributed by atoms with Crippen LogP contribution in [0.5, 0.6) is 0 Å². The molecule has 0 aromatic carbocycles. The Morgan fingerprint density at radius 2 is 2.27 bits per heavy atom. The molecule has 0 radical (unpaired) electrons. The third kappa shape index (κ3) is 3.26. The van der Waals surface area contributed by atoms with Gasteiger partial charge in [-0.1, -0.05) is 0 Å². The summed E-state index contributed by atoms with van der Waals surface area (Å²) in [5, 5.41) is 4.81. The lowest BCUT2D eigenvalue weighted by molar-refractivity contribution is 0.234. The van der Waals surface area contributed by atoms with Crippen LogP contribution in [-0.2, 0) is 6.54 Å². The number of hydrogen-bond acceptors (Lipinski definition) is 4. The second-order valence-corrected chi connectivity index (χ2v) is 5.64. The molecule has 15 heavy (non-hydrogen) atoms. The van der Waals surface area contributed by atoms with Gasteiger partial charge in [-0.15, -0.1) is 11.3 Å². The Morgan fingerprint density at radius 1 is 1.53 bits per heavy atom. The molecule has 2 heterocycles. The topological polar surface area (TPSA) is 28.2 Å². The molecule has 0 saturated carbocycles. The summed E-state index contributed by atoms with van der Waals surface area (Å²) in [6, 6.07) is 0.686. The SMILES string of the molecule is Cc1cnc(CNC2CCN(C)CC2)s1. The van der Waals surface area contributed by atoms with E-state index in [-0.39, 0.29) is 0 Å². The van der Waals surface area contributed by atoms with Gasteiger partial charge in [-0.3, -0.25) is 0 Å². The van der Waals surface area contributed by atoms with Gasteiger partial charge in [-0.05, 0) is 39.9 Å². The molecule has 1 N–H and O–H groups in total. The van der Waals surface area contributed by atoms with E-state index < -0.39 is 0 Å². The predicted molar refractivity (Wildman–Crippen MR) is 64.2 cm³/mol. The van der Waals surface area contributed by atoms with Crippen molar-refractivity contribution in [2.24, 2.45) is 0 Å².